The van der Waals surface area contributed by atoms with Crippen molar-refractivity contribution in [2.75, 3.05) is 0 Å². The van der Waals surface area contributed by atoms with E-state index in [1.54, 1.807) is 0 Å². The molecule has 0 aliphatic rings. The molecular formula is C55H33N5. The topological polar surface area (TPSA) is 43.5 Å². The number of nitriles is 1. The van der Waals surface area contributed by atoms with Crippen molar-refractivity contribution >= 4 is 87.2 Å². The van der Waals surface area contributed by atoms with Gasteiger partial charge in [0.05, 0.1) is 55.8 Å². The summed E-state index contributed by atoms with van der Waals surface area (Å²) in [5, 5.41) is 19.4. The second-order valence-corrected chi connectivity index (χ2v) is 15.6. The normalized spacial score (nSPS) is 12.0. The number of para-hydroxylation sites is 5. The lowest BCUT2D eigenvalue weighted by atomic mass is 10.1. The molecule has 0 radical (unpaired) electrons. The summed E-state index contributed by atoms with van der Waals surface area (Å²) < 4.78 is 9.68. The van der Waals surface area contributed by atoms with E-state index in [2.05, 4.69) is 212 Å². The highest BCUT2D eigenvalue weighted by atomic mass is 15.0. The molecule has 278 valence electrons. The van der Waals surface area contributed by atoms with E-state index in [4.69, 9.17) is 0 Å². The van der Waals surface area contributed by atoms with E-state index in [0.29, 0.717) is 5.56 Å². The van der Waals surface area contributed by atoms with Gasteiger partial charge in [0.2, 0.25) is 0 Å². The highest BCUT2D eigenvalue weighted by Crippen LogP contribution is 2.45. The van der Waals surface area contributed by atoms with Crippen molar-refractivity contribution in [1.82, 2.24) is 18.3 Å². The molecule has 4 heterocycles. The van der Waals surface area contributed by atoms with Crippen LogP contribution in [0.3, 0.4) is 0 Å². The fraction of sp³-hybridized carbons (Fsp3) is 0. The third kappa shape index (κ3) is 4.39. The predicted molar refractivity (Wildman–Crippen MR) is 249 cm³/mol. The zero-order valence-electron chi connectivity index (χ0n) is 32.3. The molecule has 13 aromatic rings. The zero-order valence-corrected chi connectivity index (χ0v) is 32.3. The Morgan fingerprint density at radius 1 is 0.283 bits per heavy atom. The lowest BCUT2D eigenvalue weighted by Crippen LogP contribution is -1.96. The molecule has 5 heteroatoms. The number of rotatable bonds is 4. The van der Waals surface area contributed by atoms with Crippen LogP contribution in [0.2, 0.25) is 0 Å². The van der Waals surface area contributed by atoms with Crippen LogP contribution in [0.25, 0.3) is 110 Å². The molecule has 0 saturated heterocycles. The Labute approximate surface area is 344 Å². The lowest BCUT2D eigenvalue weighted by molar-refractivity contribution is 1.16. The van der Waals surface area contributed by atoms with Gasteiger partial charge >= 0.3 is 0 Å². The van der Waals surface area contributed by atoms with E-state index in [0.717, 1.165) is 66.5 Å². The van der Waals surface area contributed by atoms with Gasteiger partial charge in [-0.05, 0) is 97.1 Å². The second-order valence-electron chi connectivity index (χ2n) is 15.6. The molecule has 0 amide bonds. The summed E-state index contributed by atoms with van der Waals surface area (Å²) in [5.41, 5.74) is 14.2. The summed E-state index contributed by atoms with van der Waals surface area (Å²) in [6.45, 7) is 0. The zero-order chi connectivity index (χ0) is 39.5. The number of nitrogens with zero attached hydrogens (tertiary/aromatic N) is 5. The van der Waals surface area contributed by atoms with Crippen molar-refractivity contribution in [3.8, 4) is 28.8 Å². The molecule has 0 spiro atoms. The highest BCUT2D eigenvalue weighted by Gasteiger charge is 2.24. The molecule has 5 nitrogen and oxygen atoms in total. The number of fused-ring (bicyclic) bond motifs is 14. The van der Waals surface area contributed by atoms with Gasteiger partial charge in [0.1, 0.15) is 0 Å². The first-order valence-corrected chi connectivity index (χ1v) is 20.3. The van der Waals surface area contributed by atoms with Gasteiger partial charge in [-0.3, -0.25) is 0 Å². The summed E-state index contributed by atoms with van der Waals surface area (Å²) in [4.78, 5) is 0. The van der Waals surface area contributed by atoms with Gasteiger partial charge in [0, 0.05) is 65.8 Å². The Bertz CT molecular complexity index is 3930. The van der Waals surface area contributed by atoms with Crippen LogP contribution < -0.4 is 0 Å². The fourth-order valence-electron chi connectivity index (χ4n) is 10.1. The van der Waals surface area contributed by atoms with Gasteiger partial charge in [0.25, 0.3) is 0 Å². The van der Waals surface area contributed by atoms with E-state index in [-0.39, 0.29) is 0 Å². The maximum atomic E-state index is 10.0. The van der Waals surface area contributed by atoms with Crippen LogP contribution >= 0.6 is 0 Å². The Kier molecular flexibility index (Phi) is 6.73. The first-order valence-electron chi connectivity index (χ1n) is 20.3. The number of aromatic nitrogens is 4. The molecule has 4 aromatic heterocycles. The minimum atomic E-state index is 0.648. The Balaban J connectivity index is 1.22. The number of benzene rings is 9. The maximum Gasteiger partial charge on any atom is 0.0991 e. The predicted octanol–water partition coefficient (Wildman–Crippen LogP) is 13.9. The maximum absolute atomic E-state index is 10.0. The SMILES string of the molecule is N#Cc1ccc2c(c1)c1ccc3c(c4cc(-n5c6ccccc6c6ccc7c(c8ccccc8n7-c7ccccc7)c65)ccc4n3-c3ccccc3)c1n2-c1ccccc1. The average molecular weight is 764 g/mol. The van der Waals surface area contributed by atoms with Crippen LogP contribution in [0.4, 0.5) is 0 Å². The highest BCUT2D eigenvalue weighted by molar-refractivity contribution is 6.28. The molecule has 0 aliphatic carbocycles. The second kappa shape index (κ2) is 12.3. The van der Waals surface area contributed by atoms with Crippen LogP contribution in [0, 0.1) is 11.3 Å². The summed E-state index contributed by atoms with van der Waals surface area (Å²) in [7, 11) is 0. The summed E-state index contributed by atoms with van der Waals surface area (Å²) >= 11 is 0. The van der Waals surface area contributed by atoms with Crippen molar-refractivity contribution in [2.45, 2.75) is 0 Å². The molecule has 0 unspecified atom stereocenters. The summed E-state index contributed by atoms with van der Waals surface area (Å²) in [5.74, 6) is 0. The van der Waals surface area contributed by atoms with Gasteiger partial charge in [-0.2, -0.15) is 5.26 Å². The third-order valence-electron chi connectivity index (χ3n) is 12.5. The first kappa shape index (κ1) is 32.7. The number of hydrogen-bond donors (Lipinski definition) is 0. The van der Waals surface area contributed by atoms with Crippen molar-refractivity contribution in [3.05, 3.63) is 206 Å². The molecule has 9 aromatic carbocycles. The van der Waals surface area contributed by atoms with E-state index >= 15 is 0 Å². The Morgan fingerprint density at radius 2 is 0.717 bits per heavy atom. The van der Waals surface area contributed by atoms with Gasteiger partial charge in [0.15, 0.2) is 0 Å². The molecule has 0 fully saturated rings. The molecule has 13 rings (SSSR count). The molecule has 0 N–H and O–H groups in total. The molecule has 60 heavy (non-hydrogen) atoms. The van der Waals surface area contributed by atoms with Crippen LogP contribution in [-0.2, 0) is 0 Å². The van der Waals surface area contributed by atoms with Gasteiger partial charge in [-0.1, -0.05) is 103 Å². The molecule has 0 atom stereocenters. The van der Waals surface area contributed by atoms with E-state index < -0.39 is 0 Å². The van der Waals surface area contributed by atoms with Gasteiger partial charge in [-0.15, -0.1) is 0 Å². The monoisotopic (exact) mass is 763 g/mol. The van der Waals surface area contributed by atoms with Crippen LogP contribution in [0.1, 0.15) is 5.56 Å². The quantitative estimate of drug-likeness (QED) is 0.176. The van der Waals surface area contributed by atoms with Gasteiger partial charge < -0.3 is 18.3 Å². The van der Waals surface area contributed by atoms with Crippen molar-refractivity contribution in [1.29, 1.82) is 5.26 Å². The van der Waals surface area contributed by atoms with E-state index in [1.807, 2.05) is 12.1 Å². The minimum absolute atomic E-state index is 0.648. The van der Waals surface area contributed by atoms with Crippen molar-refractivity contribution in [3.63, 3.8) is 0 Å². The molecular weight excluding hydrogens is 731 g/mol. The van der Waals surface area contributed by atoms with Crippen LogP contribution in [-0.4, -0.2) is 18.3 Å². The van der Waals surface area contributed by atoms with E-state index in [9.17, 15) is 5.26 Å². The fourth-order valence-corrected chi connectivity index (χ4v) is 10.1. The molecule has 0 aliphatic heterocycles. The van der Waals surface area contributed by atoms with E-state index in [1.165, 1.54) is 43.5 Å². The minimum Gasteiger partial charge on any atom is -0.309 e. The smallest absolute Gasteiger partial charge is 0.0991 e. The summed E-state index contributed by atoms with van der Waals surface area (Å²) in [6.07, 6.45) is 0. The lowest BCUT2D eigenvalue weighted by Gasteiger charge is -2.11. The van der Waals surface area contributed by atoms with Gasteiger partial charge in [-0.25, -0.2) is 0 Å². The van der Waals surface area contributed by atoms with Crippen molar-refractivity contribution < 1.29 is 0 Å². The number of hydrogen-bond acceptors (Lipinski definition) is 1. The average Bonchev–Trinajstić information content (AvgIpc) is 4.04. The first-order chi connectivity index (χ1) is 29.8. The summed E-state index contributed by atoms with van der Waals surface area (Å²) in [6, 6.07) is 74.2. The van der Waals surface area contributed by atoms with Crippen LogP contribution in [0.15, 0.2) is 200 Å². The van der Waals surface area contributed by atoms with Crippen LogP contribution in [0.5, 0.6) is 0 Å². The Morgan fingerprint density at radius 3 is 1.33 bits per heavy atom. The Hall–Kier alpha value is -8.33. The largest absolute Gasteiger partial charge is 0.309 e. The molecule has 0 saturated carbocycles. The standard InChI is InChI=1S/C55H33N5/c56-34-35-24-28-48-44(32-35)42-27-31-51-53(55(42)59(48)38-18-8-3-9-19-38)45-33-39(25-29-49(45)58(51)37-16-6-2-7-17-37)60-46-22-12-10-20-40(46)41-26-30-50-52(54(41)60)43-21-11-13-23-47(43)57(50)36-14-4-1-5-15-36/h1-33H. The third-order valence-corrected chi connectivity index (χ3v) is 12.5. The molecule has 0 bridgehead atoms. The van der Waals surface area contributed by atoms with Crippen molar-refractivity contribution in [2.24, 2.45) is 0 Å².